The lowest BCUT2D eigenvalue weighted by molar-refractivity contribution is -0.398. The highest BCUT2D eigenvalue weighted by molar-refractivity contribution is 6.99. The third-order valence-electron chi connectivity index (χ3n) is 11.0. The average Bonchev–Trinajstić information content (AvgIpc) is 3.28. The molecule has 2 spiro atoms. The summed E-state index contributed by atoms with van der Waals surface area (Å²) in [6.07, 6.45) is 8.47. The van der Waals surface area contributed by atoms with Crippen LogP contribution in [0.25, 0.3) is 0 Å². The second-order valence-corrected chi connectivity index (χ2v) is 19.3. The van der Waals surface area contributed by atoms with Gasteiger partial charge in [0.1, 0.15) is 0 Å². The van der Waals surface area contributed by atoms with E-state index in [0.29, 0.717) is 18.9 Å². The molecule has 0 bridgehead atoms. The zero-order valence-corrected chi connectivity index (χ0v) is 29.3. The van der Waals surface area contributed by atoms with Gasteiger partial charge in [0.15, 0.2) is 11.6 Å². The first-order valence-corrected chi connectivity index (χ1v) is 18.9. The highest BCUT2D eigenvalue weighted by atomic mass is 28.4. The Morgan fingerprint density at radius 3 is 2.05 bits per heavy atom. The molecule has 1 N–H and O–H groups in total. The molecule has 0 unspecified atom stereocenters. The van der Waals surface area contributed by atoms with Crippen molar-refractivity contribution in [3.05, 3.63) is 72.8 Å². The Morgan fingerprint density at radius 2 is 1.55 bits per heavy atom. The molecule has 2 aromatic carbocycles. The maximum atomic E-state index is 10.3. The fraction of sp³-hybridized carbons (Fsp3) is 0.632. The Hall–Kier alpha value is -1.80. The lowest BCUT2D eigenvalue weighted by Gasteiger charge is -2.54. The summed E-state index contributed by atoms with van der Waals surface area (Å²) < 4.78 is 28.4. The molecule has 8 atom stereocenters. The molecule has 0 aromatic heterocycles. The minimum Gasteiger partial charge on any atom is -0.407 e. The van der Waals surface area contributed by atoms with E-state index in [4.69, 9.17) is 18.6 Å². The van der Waals surface area contributed by atoms with E-state index in [0.717, 1.165) is 25.7 Å². The first kappa shape index (κ1) is 33.6. The zero-order valence-electron chi connectivity index (χ0n) is 28.3. The van der Waals surface area contributed by atoms with Crippen LogP contribution in [-0.4, -0.2) is 49.9 Å². The Bertz CT molecular complexity index is 1220. The summed E-state index contributed by atoms with van der Waals surface area (Å²) in [6, 6.07) is 21.8. The molecule has 242 valence electrons. The summed E-state index contributed by atoms with van der Waals surface area (Å²) in [6.45, 7) is 18.7. The SMILES string of the molecule is CC[C@@H](CO[Si](c1ccccc1)(c1ccccc1)C(C)(C)C)[C@H]1O[C@@]2(C=CC[C@]3(O[C@@](CC)(CO)C[C@H]3C)O2)[C@H](C)C[C@@H]1C. The van der Waals surface area contributed by atoms with Gasteiger partial charge in [-0.1, -0.05) is 122 Å². The molecule has 2 aromatic rings. The van der Waals surface area contributed by atoms with E-state index in [1.54, 1.807) is 0 Å². The molecule has 0 saturated carbocycles. The number of hydrogen-bond donors (Lipinski definition) is 1. The maximum absolute atomic E-state index is 10.3. The molecule has 0 aliphatic carbocycles. The van der Waals surface area contributed by atoms with Gasteiger partial charge in [0.05, 0.1) is 18.3 Å². The monoisotopic (exact) mass is 620 g/mol. The number of hydrogen-bond acceptors (Lipinski definition) is 5. The van der Waals surface area contributed by atoms with Gasteiger partial charge >= 0.3 is 0 Å². The molecule has 5 rings (SSSR count). The van der Waals surface area contributed by atoms with Crippen molar-refractivity contribution in [3.8, 4) is 0 Å². The summed E-state index contributed by atoms with van der Waals surface area (Å²) >= 11 is 0. The zero-order chi connectivity index (χ0) is 31.8. The van der Waals surface area contributed by atoms with E-state index in [1.165, 1.54) is 10.4 Å². The van der Waals surface area contributed by atoms with Crippen LogP contribution in [0.3, 0.4) is 0 Å². The van der Waals surface area contributed by atoms with Crippen molar-refractivity contribution in [3.63, 3.8) is 0 Å². The second kappa shape index (κ2) is 12.8. The minimum atomic E-state index is -2.68. The molecule has 3 aliphatic heterocycles. The van der Waals surface area contributed by atoms with E-state index < -0.39 is 25.5 Å². The lowest BCUT2D eigenvalue weighted by atomic mass is 9.77. The predicted octanol–water partition coefficient (Wildman–Crippen LogP) is 7.22. The quantitative estimate of drug-likeness (QED) is 0.237. The van der Waals surface area contributed by atoms with Gasteiger partial charge in [-0.15, -0.1) is 0 Å². The minimum absolute atomic E-state index is 0.00320. The third kappa shape index (κ3) is 5.80. The smallest absolute Gasteiger partial charge is 0.261 e. The van der Waals surface area contributed by atoms with Gasteiger partial charge in [0.2, 0.25) is 0 Å². The number of aliphatic hydroxyl groups excluding tert-OH is 1. The molecule has 5 nitrogen and oxygen atoms in total. The van der Waals surface area contributed by atoms with Gasteiger partial charge in [-0.25, -0.2) is 0 Å². The number of ether oxygens (including phenoxy) is 3. The third-order valence-corrected chi connectivity index (χ3v) is 16.1. The molecule has 0 radical (unpaired) electrons. The van der Waals surface area contributed by atoms with Crippen LogP contribution in [0.2, 0.25) is 5.04 Å². The van der Waals surface area contributed by atoms with Crippen LogP contribution in [0.5, 0.6) is 0 Å². The van der Waals surface area contributed by atoms with Crippen LogP contribution in [0.1, 0.15) is 87.5 Å². The highest BCUT2D eigenvalue weighted by Gasteiger charge is 2.61. The molecular weight excluding hydrogens is 564 g/mol. The fourth-order valence-electron chi connectivity index (χ4n) is 8.37. The summed E-state index contributed by atoms with van der Waals surface area (Å²) in [7, 11) is -2.68. The molecule has 3 heterocycles. The van der Waals surface area contributed by atoms with Crippen LogP contribution in [-0.2, 0) is 18.6 Å². The fourth-order valence-corrected chi connectivity index (χ4v) is 13.0. The first-order chi connectivity index (χ1) is 20.9. The van der Waals surface area contributed by atoms with Crippen molar-refractivity contribution in [1.29, 1.82) is 0 Å². The highest BCUT2D eigenvalue weighted by Crippen LogP contribution is 2.54. The second-order valence-electron chi connectivity index (χ2n) is 15.0. The first-order valence-electron chi connectivity index (χ1n) is 17.0. The van der Waals surface area contributed by atoms with Crippen molar-refractivity contribution in [2.75, 3.05) is 13.2 Å². The Morgan fingerprint density at radius 1 is 0.932 bits per heavy atom. The van der Waals surface area contributed by atoms with Crippen molar-refractivity contribution in [1.82, 2.24) is 0 Å². The van der Waals surface area contributed by atoms with E-state index in [-0.39, 0.29) is 35.5 Å². The van der Waals surface area contributed by atoms with Crippen molar-refractivity contribution < 1.29 is 23.7 Å². The van der Waals surface area contributed by atoms with E-state index in [1.807, 2.05) is 0 Å². The summed E-state index contributed by atoms with van der Waals surface area (Å²) in [5, 5.41) is 12.8. The molecule has 3 aliphatic rings. The van der Waals surface area contributed by atoms with Gasteiger partial charge in [-0.3, -0.25) is 0 Å². The number of benzene rings is 2. The van der Waals surface area contributed by atoms with Crippen LogP contribution in [0.15, 0.2) is 72.8 Å². The topological polar surface area (TPSA) is 57.2 Å². The molecule has 2 fully saturated rings. The average molecular weight is 621 g/mol. The molecule has 0 amide bonds. The van der Waals surface area contributed by atoms with E-state index in [2.05, 4.69) is 128 Å². The van der Waals surface area contributed by atoms with Gasteiger partial charge in [-0.2, -0.15) is 0 Å². The molecule has 6 heteroatoms. The van der Waals surface area contributed by atoms with Crippen LogP contribution in [0.4, 0.5) is 0 Å². The van der Waals surface area contributed by atoms with Gasteiger partial charge < -0.3 is 23.7 Å². The Kier molecular flexibility index (Phi) is 9.74. The normalized spacial score (nSPS) is 34.9. The standard InChI is InChI=1S/C38H56O5Si/c1-9-31(26-40-44(35(6,7)8,32-18-13-11-14-19-32)33-20-15-12-16-21-33)34-28(3)24-29(4)37(41-34)22-17-23-38(43-37)30(5)25-36(10-2,27-39)42-38/h11-22,28-31,34,39H,9-10,23-27H2,1-8H3/t28-,29+,30+,31-,34-,36+,37+,38-/m0/s1. The van der Waals surface area contributed by atoms with E-state index >= 15 is 0 Å². The van der Waals surface area contributed by atoms with Crippen molar-refractivity contribution >= 4 is 18.7 Å². The van der Waals surface area contributed by atoms with Crippen LogP contribution in [0, 0.1) is 23.7 Å². The molecule has 44 heavy (non-hydrogen) atoms. The number of rotatable bonds is 9. The van der Waals surface area contributed by atoms with E-state index in [9.17, 15) is 5.11 Å². The predicted molar refractivity (Wildman–Crippen MR) is 180 cm³/mol. The van der Waals surface area contributed by atoms with Crippen molar-refractivity contribution in [2.24, 2.45) is 23.7 Å². The van der Waals surface area contributed by atoms with Gasteiger partial charge in [0, 0.05) is 30.8 Å². The van der Waals surface area contributed by atoms with Gasteiger partial charge in [0.25, 0.3) is 8.32 Å². The summed E-state index contributed by atoms with van der Waals surface area (Å²) in [5.41, 5.74) is -0.564. The van der Waals surface area contributed by atoms with Gasteiger partial charge in [-0.05, 0) is 53.1 Å². The lowest BCUT2D eigenvalue weighted by Crippen LogP contribution is -2.67. The number of aliphatic hydroxyl groups is 1. The Labute approximate surface area is 267 Å². The Balaban J connectivity index is 1.45. The van der Waals surface area contributed by atoms with Crippen molar-refractivity contribution in [2.45, 2.75) is 116 Å². The molecular formula is C38H56O5Si. The summed E-state index contributed by atoms with van der Waals surface area (Å²) in [4.78, 5) is 0. The van der Waals surface area contributed by atoms with Crippen LogP contribution >= 0.6 is 0 Å². The molecule has 2 saturated heterocycles. The summed E-state index contributed by atoms with van der Waals surface area (Å²) in [5.74, 6) is -0.801. The van der Waals surface area contributed by atoms with Crippen LogP contribution < -0.4 is 10.4 Å². The largest absolute Gasteiger partial charge is 0.407 e. The maximum Gasteiger partial charge on any atom is 0.261 e.